The summed E-state index contributed by atoms with van der Waals surface area (Å²) in [5.74, 6) is 0.581. The molecular weight excluding hydrogens is 278 g/mol. The summed E-state index contributed by atoms with van der Waals surface area (Å²) >= 11 is 0. The first-order valence-corrected chi connectivity index (χ1v) is 7.64. The quantitative estimate of drug-likeness (QED) is 0.773. The van der Waals surface area contributed by atoms with Crippen LogP contribution in [0.25, 0.3) is 0 Å². The summed E-state index contributed by atoms with van der Waals surface area (Å²) in [6, 6.07) is 7.18. The summed E-state index contributed by atoms with van der Waals surface area (Å²) in [4.78, 5) is 24.8. The van der Waals surface area contributed by atoms with Crippen LogP contribution in [0.1, 0.15) is 51.8 Å². The van der Waals surface area contributed by atoms with Crippen molar-refractivity contribution >= 4 is 12.4 Å². The molecule has 122 valence electrons. The Labute approximate surface area is 133 Å². The van der Waals surface area contributed by atoms with Gasteiger partial charge in [-0.1, -0.05) is 38.1 Å². The SMILES string of the molecule is CC(C)Cc1ccc(C(C=O)N(C)C(=O)OC(C)(C)C)cc1. The molecule has 0 aliphatic rings. The van der Waals surface area contributed by atoms with Crippen molar-refractivity contribution in [1.82, 2.24) is 4.90 Å². The van der Waals surface area contributed by atoms with Gasteiger partial charge in [0.1, 0.15) is 17.9 Å². The highest BCUT2D eigenvalue weighted by Gasteiger charge is 2.26. The third kappa shape index (κ3) is 5.51. The molecule has 0 fully saturated rings. The van der Waals surface area contributed by atoms with Gasteiger partial charge in [0, 0.05) is 7.05 Å². The van der Waals surface area contributed by atoms with E-state index in [-0.39, 0.29) is 0 Å². The Morgan fingerprint density at radius 3 is 2.18 bits per heavy atom. The molecule has 4 heteroatoms. The first-order valence-electron chi connectivity index (χ1n) is 7.64. The van der Waals surface area contributed by atoms with Crippen LogP contribution < -0.4 is 0 Å². The number of benzene rings is 1. The molecule has 1 atom stereocenters. The maximum atomic E-state index is 12.1. The summed E-state index contributed by atoms with van der Waals surface area (Å²) in [5.41, 5.74) is 1.43. The monoisotopic (exact) mass is 305 g/mol. The Hall–Kier alpha value is -1.84. The molecule has 0 aromatic heterocycles. The highest BCUT2D eigenvalue weighted by molar-refractivity contribution is 5.74. The van der Waals surface area contributed by atoms with Crippen LogP contribution in [-0.2, 0) is 16.0 Å². The normalized spacial score (nSPS) is 12.9. The van der Waals surface area contributed by atoms with Crippen molar-refractivity contribution in [3.8, 4) is 0 Å². The summed E-state index contributed by atoms with van der Waals surface area (Å²) in [6.07, 6.45) is 1.26. The van der Waals surface area contributed by atoms with Gasteiger partial charge in [0.05, 0.1) is 0 Å². The Morgan fingerprint density at radius 1 is 1.23 bits per heavy atom. The molecule has 0 radical (unpaired) electrons. The minimum absolute atomic E-state index is 0.504. The maximum Gasteiger partial charge on any atom is 0.410 e. The van der Waals surface area contributed by atoms with Gasteiger partial charge in [0.25, 0.3) is 0 Å². The van der Waals surface area contributed by atoms with Gasteiger partial charge in [-0.2, -0.15) is 0 Å². The highest BCUT2D eigenvalue weighted by Crippen LogP contribution is 2.21. The second-order valence-electron chi connectivity index (χ2n) is 7.01. The molecule has 0 bridgehead atoms. The molecule has 1 unspecified atom stereocenters. The molecule has 0 aliphatic heterocycles. The molecule has 0 saturated carbocycles. The number of hydrogen-bond acceptors (Lipinski definition) is 3. The van der Waals surface area contributed by atoms with Crippen molar-refractivity contribution in [3.63, 3.8) is 0 Å². The standard InChI is InChI=1S/C18H27NO3/c1-13(2)11-14-7-9-15(10-8-14)16(12-20)19(6)17(21)22-18(3,4)5/h7-10,12-13,16H,11H2,1-6H3. The summed E-state index contributed by atoms with van der Waals surface area (Å²) in [6.45, 7) is 9.73. The van der Waals surface area contributed by atoms with E-state index >= 15 is 0 Å². The Kier molecular flexibility index (Phi) is 6.15. The number of carbonyl (C=O) groups excluding carboxylic acids is 2. The van der Waals surface area contributed by atoms with Crippen LogP contribution in [0.2, 0.25) is 0 Å². The van der Waals surface area contributed by atoms with Crippen molar-refractivity contribution in [3.05, 3.63) is 35.4 Å². The number of hydrogen-bond donors (Lipinski definition) is 0. The zero-order valence-corrected chi connectivity index (χ0v) is 14.4. The molecule has 0 aliphatic carbocycles. The van der Waals surface area contributed by atoms with Gasteiger partial charge in [-0.15, -0.1) is 0 Å². The molecule has 0 N–H and O–H groups in total. The number of ether oxygens (including phenoxy) is 1. The molecular formula is C18H27NO3. The average Bonchev–Trinajstić information content (AvgIpc) is 2.38. The fourth-order valence-electron chi connectivity index (χ4n) is 2.16. The Morgan fingerprint density at radius 2 is 1.77 bits per heavy atom. The van der Waals surface area contributed by atoms with Crippen molar-refractivity contribution in [2.45, 2.75) is 52.7 Å². The lowest BCUT2D eigenvalue weighted by atomic mass is 9.99. The number of carbonyl (C=O) groups is 2. The van der Waals surface area contributed by atoms with Gasteiger partial charge in [0.2, 0.25) is 0 Å². The minimum atomic E-state index is -0.636. The summed E-state index contributed by atoms with van der Waals surface area (Å²) in [7, 11) is 1.58. The van der Waals surface area contributed by atoms with Crippen LogP contribution in [0.5, 0.6) is 0 Å². The molecule has 1 aromatic carbocycles. The zero-order valence-electron chi connectivity index (χ0n) is 14.4. The zero-order chi connectivity index (χ0) is 16.9. The smallest absolute Gasteiger partial charge is 0.410 e. The summed E-state index contributed by atoms with van der Waals surface area (Å²) in [5, 5.41) is 0. The van der Waals surface area contributed by atoms with Crippen molar-refractivity contribution < 1.29 is 14.3 Å². The van der Waals surface area contributed by atoms with Crippen molar-refractivity contribution in [2.24, 2.45) is 5.92 Å². The largest absolute Gasteiger partial charge is 0.444 e. The number of likely N-dealkylation sites (N-methyl/N-ethyl adjacent to an activating group) is 1. The lowest BCUT2D eigenvalue weighted by Gasteiger charge is -2.28. The lowest BCUT2D eigenvalue weighted by molar-refractivity contribution is -0.112. The first kappa shape index (κ1) is 18.2. The van der Waals surface area contributed by atoms with E-state index in [0.29, 0.717) is 5.92 Å². The van der Waals surface area contributed by atoms with Crippen molar-refractivity contribution in [1.29, 1.82) is 0 Å². The van der Waals surface area contributed by atoms with E-state index in [0.717, 1.165) is 18.3 Å². The van der Waals surface area contributed by atoms with Crippen LogP contribution in [0, 0.1) is 5.92 Å². The number of aldehydes is 1. The van der Waals surface area contributed by atoms with E-state index in [1.807, 2.05) is 24.3 Å². The third-order valence-electron chi connectivity index (χ3n) is 3.19. The van der Waals surface area contributed by atoms with E-state index in [4.69, 9.17) is 4.74 Å². The Bertz CT molecular complexity index is 500. The molecule has 1 aromatic rings. The van der Waals surface area contributed by atoms with Gasteiger partial charge in [-0.05, 0) is 44.2 Å². The predicted molar refractivity (Wildman–Crippen MR) is 87.8 cm³/mol. The average molecular weight is 305 g/mol. The number of rotatable bonds is 5. The fraction of sp³-hybridized carbons (Fsp3) is 0.556. The molecule has 1 amide bonds. The molecule has 22 heavy (non-hydrogen) atoms. The van der Waals surface area contributed by atoms with E-state index in [2.05, 4.69) is 13.8 Å². The van der Waals surface area contributed by atoms with Gasteiger partial charge >= 0.3 is 6.09 Å². The van der Waals surface area contributed by atoms with E-state index < -0.39 is 17.7 Å². The molecule has 1 rings (SSSR count). The highest BCUT2D eigenvalue weighted by atomic mass is 16.6. The second kappa shape index (κ2) is 7.43. The van der Waals surface area contributed by atoms with Gasteiger partial charge < -0.3 is 9.53 Å². The van der Waals surface area contributed by atoms with Gasteiger partial charge in [-0.25, -0.2) is 4.79 Å². The van der Waals surface area contributed by atoms with Crippen LogP contribution in [-0.4, -0.2) is 29.9 Å². The van der Waals surface area contributed by atoms with E-state index in [1.54, 1.807) is 27.8 Å². The van der Waals surface area contributed by atoms with Crippen molar-refractivity contribution in [2.75, 3.05) is 7.05 Å². The van der Waals surface area contributed by atoms with Gasteiger partial charge in [-0.3, -0.25) is 4.90 Å². The minimum Gasteiger partial charge on any atom is -0.444 e. The predicted octanol–water partition coefficient (Wildman–Crippen LogP) is 3.99. The number of nitrogens with zero attached hydrogens (tertiary/aromatic N) is 1. The first-order chi connectivity index (χ1) is 10.1. The van der Waals surface area contributed by atoms with E-state index in [9.17, 15) is 9.59 Å². The summed E-state index contributed by atoms with van der Waals surface area (Å²) < 4.78 is 5.31. The molecule has 0 spiro atoms. The van der Waals surface area contributed by atoms with E-state index in [1.165, 1.54) is 10.5 Å². The third-order valence-corrected chi connectivity index (χ3v) is 3.19. The molecule has 0 heterocycles. The van der Waals surface area contributed by atoms with Crippen LogP contribution in [0.15, 0.2) is 24.3 Å². The van der Waals surface area contributed by atoms with Crippen LogP contribution in [0.4, 0.5) is 4.79 Å². The lowest BCUT2D eigenvalue weighted by Crippen LogP contribution is -2.37. The Balaban J connectivity index is 2.86. The van der Waals surface area contributed by atoms with Crippen LogP contribution in [0.3, 0.4) is 0 Å². The van der Waals surface area contributed by atoms with Crippen LogP contribution >= 0.6 is 0 Å². The van der Waals surface area contributed by atoms with Gasteiger partial charge in [0.15, 0.2) is 0 Å². The maximum absolute atomic E-state index is 12.1. The molecule has 0 saturated heterocycles. The number of amides is 1. The second-order valence-corrected chi connectivity index (χ2v) is 7.01. The fourth-order valence-corrected chi connectivity index (χ4v) is 2.16. The topological polar surface area (TPSA) is 46.6 Å². The molecule has 4 nitrogen and oxygen atoms in total.